The third kappa shape index (κ3) is 4.12. The molecular formula is C20H23ClN5O+. The number of fused-ring (bicyclic) bond motifs is 1. The number of nitrogens with zero attached hydrogens (tertiary/aromatic N) is 3. The van der Waals surface area contributed by atoms with Crippen LogP contribution in [0.4, 0.5) is 5.69 Å². The van der Waals surface area contributed by atoms with E-state index in [0.717, 1.165) is 42.7 Å². The molecule has 3 aromatic rings. The van der Waals surface area contributed by atoms with Crippen molar-refractivity contribution in [2.45, 2.75) is 25.8 Å². The van der Waals surface area contributed by atoms with Crippen LogP contribution < -0.4 is 10.2 Å². The molecule has 4 rings (SSSR count). The van der Waals surface area contributed by atoms with Crippen LogP contribution in [0, 0.1) is 6.92 Å². The lowest BCUT2D eigenvalue weighted by Crippen LogP contribution is -3.14. The Bertz CT molecular complexity index is 962. The van der Waals surface area contributed by atoms with Gasteiger partial charge in [0.15, 0.2) is 6.54 Å². The van der Waals surface area contributed by atoms with Gasteiger partial charge < -0.3 is 10.2 Å². The molecule has 2 aromatic carbocycles. The highest BCUT2D eigenvalue weighted by atomic mass is 35.5. The van der Waals surface area contributed by atoms with Crippen LogP contribution in [0.15, 0.2) is 42.5 Å². The van der Waals surface area contributed by atoms with Gasteiger partial charge in [-0.25, -0.2) is 4.68 Å². The van der Waals surface area contributed by atoms with Gasteiger partial charge >= 0.3 is 0 Å². The summed E-state index contributed by atoms with van der Waals surface area (Å²) in [5, 5.41) is 12.2. The van der Waals surface area contributed by atoms with Crippen molar-refractivity contribution in [2.24, 2.45) is 0 Å². The molecule has 140 valence electrons. The van der Waals surface area contributed by atoms with Crippen LogP contribution in [0.5, 0.6) is 0 Å². The highest BCUT2D eigenvalue weighted by molar-refractivity contribution is 6.30. The Hall–Kier alpha value is -2.44. The fourth-order valence-corrected chi connectivity index (χ4v) is 3.94. The number of aromatic nitrogens is 3. The molecule has 7 heteroatoms. The topological polar surface area (TPSA) is 64.2 Å². The van der Waals surface area contributed by atoms with E-state index in [2.05, 4.69) is 45.4 Å². The lowest BCUT2D eigenvalue weighted by Gasteiger charge is -2.29. The second kappa shape index (κ2) is 7.66. The summed E-state index contributed by atoms with van der Waals surface area (Å²) in [5.41, 5.74) is 3.98. The number of carbonyl (C=O) groups is 1. The van der Waals surface area contributed by atoms with Crippen molar-refractivity contribution < 1.29 is 9.69 Å². The number of benzene rings is 2. The van der Waals surface area contributed by atoms with Gasteiger partial charge in [0.05, 0.1) is 24.6 Å². The number of rotatable bonds is 4. The molecule has 1 saturated heterocycles. The first-order valence-electron chi connectivity index (χ1n) is 9.29. The third-order valence-corrected chi connectivity index (χ3v) is 5.39. The van der Waals surface area contributed by atoms with E-state index in [9.17, 15) is 4.79 Å². The average molecular weight is 385 g/mol. The zero-order valence-corrected chi connectivity index (χ0v) is 16.0. The first kappa shape index (κ1) is 17.9. The maximum Gasteiger partial charge on any atom is 0.279 e. The standard InChI is InChI=1S/C20H22ClN5O/c1-14-5-6-19-18(11-14)23-24-26(19)17-7-9-25(10-8-17)13-20(27)22-16-4-2-3-15(21)12-16/h2-6,11-12,17H,7-10,13H2,1H3,(H,22,27)/p+1. The molecule has 1 fully saturated rings. The number of quaternary nitrogens is 1. The number of anilines is 1. The molecule has 2 heterocycles. The van der Waals surface area contributed by atoms with Gasteiger partial charge in [-0.3, -0.25) is 4.79 Å². The van der Waals surface area contributed by atoms with Gasteiger partial charge in [-0.2, -0.15) is 0 Å². The van der Waals surface area contributed by atoms with E-state index < -0.39 is 0 Å². The summed E-state index contributed by atoms with van der Waals surface area (Å²) in [7, 11) is 0. The minimum Gasteiger partial charge on any atom is -0.327 e. The quantitative estimate of drug-likeness (QED) is 0.725. The van der Waals surface area contributed by atoms with Crippen molar-refractivity contribution in [1.82, 2.24) is 15.0 Å². The van der Waals surface area contributed by atoms with Gasteiger partial charge in [-0.05, 0) is 42.8 Å². The number of aryl methyl sites for hydroxylation is 1. The Morgan fingerprint density at radius 2 is 2.07 bits per heavy atom. The van der Waals surface area contributed by atoms with Gasteiger partial charge in [-0.15, -0.1) is 5.10 Å². The smallest absolute Gasteiger partial charge is 0.279 e. The molecular weight excluding hydrogens is 362 g/mol. The maximum atomic E-state index is 12.3. The molecule has 0 bridgehead atoms. The Kier molecular flexibility index (Phi) is 5.09. The van der Waals surface area contributed by atoms with Crippen molar-refractivity contribution in [1.29, 1.82) is 0 Å². The van der Waals surface area contributed by atoms with E-state index in [1.54, 1.807) is 12.1 Å². The number of halogens is 1. The largest absolute Gasteiger partial charge is 0.327 e. The number of hydrogen-bond acceptors (Lipinski definition) is 3. The number of hydrogen-bond donors (Lipinski definition) is 2. The van der Waals surface area contributed by atoms with Crippen molar-refractivity contribution in [3.63, 3.8) is 0 Å². The van der Waals surface area contributed by atoms with Gasteiger partial charge in [0.25, 0.3) is 5.91 Å². The van der Waals surface area contributed by atoms with Crippen LogP contribution >= 0.6 is 11.6 Å². The van der Waals surface area contributed by atoms with Crippen LogP contribution in [0.25, 0.3) is 11.0 Å². The van der Waals surface area contributed by atoms with Gasteiger partial charge in [0.2, 0.25) is 0 Å². The fourth-order valence-electron chi connectivity index (χ4n) is 3.75. The van der Waals surface area contributed by atoms with E-state index in [0.29, 0.717) is 17.6 Å². The normalized spacial score (nSPS) is 19.9. The van der Waals surface area contributed by atoms with Crippen molar-refractivity contribution in [3.05, 3.63) is 53.1 Å². The van der Waals surface area contributed by atoms with Gasteiger partial charge in [0.1, 0.15) is 5.52 Å². The minimum atomic E-state index is 0.0207. The molecule has 27 heavy (non-hydrogen) atoms. The first-order chi connectivity index (χ1) is 13.1. The summed E-state index contributed by atoms with van der Waals surface area (Å²) in [6.45, 7) is 4.42. The molecule has 0 saturated carbocycles. The van der Waals surface area contributed by atoms with E-state index in [-0.39, 0.29) is 5.91 Å². The Morgan fingerprint density at radius 1 is 1.26 bits per heavy atom. The van der Waals surface area contributed by atoms with Crippen LogP contribution in [0.1, 0.15) is 24.4 Å². The number of nitrogens with one attached hydrogen (secondary N) is 2. The Labute approximate surface area is 163 Å². The summed E-state index contributed by atoms with van der Waals surface area (Å²) in [6, 6.07) is 13.9. The zero-order chi connectivity index (χ0) is 18.8. The SMILES string of the molecule is Cc1ccc2c(c1)nnn2C1CC[NH+](CC(=O)Nc2cccc(Cl)c2)CC1. The highest BCUT2D eigenvalue weighted by Crippen LogP contribution is 2.22. The summed E-state index contributed by atoms with van der Waals surface area (Å²) in [5.74, 6) is 0.0207. The van der Waals surface area contributed by atoms with Crippen molar-refractivity contribution >= 4 is 34.2 Å². The van der Waals surface area contributed by atoms with Crippen molar-refractivity contribution in [2.75, 3.05) is 25.0 Å². The van der Waals surface area contributed by atoms with E-state index in [1.807, 2.05) is 12.1 Å². The average Bonchev–Trinajstić information content (AvgIpc) is 3.05. The molecule has 1 aliphatic rings. The lowest BCUT2D eigenvalue weighted by molar-refractivity contribution is -0.897. The molecule has 2 N–H and O–H groups in total. The molecule has 0 unspecified atom stereocenters. The number of amides is 1. The van der Waals surface area contributed by atoms with Crippen LogP contribution in [0.3, 0.4) is 0 Å². The molecule has 1 amide bonds. The minimum absolute atomic E-state index is 0.0207. The molecule has 1 aliphatic heterocycles. The summed E-state index contributed by atoms with van der Waals surface area (Å²) in [6.07, 6.45) is 1.98. The number of carbonyl (C=O) groups excluding carboxylic acids is 1. The molecule has 0 atom stereocenters. The van der Waals surface area contributed by atoms with Gasteiger partial charge in [0, 0.05) is 23.6 Å². The summed E-state index contributed by atoms with van der Waals surface area (Å²) >= 11 is 5.97. The third-order valence-electron chi connectivity index (χ3n) is 5.15. The lowest BCUT2D eigenvalue weighted by atomic mass is 10.0. The summed E-state index contributed by atoms with van der Waals surface area (Å²) < 4.78 is 2.05. The van der Waals surface area contributed by atoms with E-state index in [4.69, 9.17) is 11.6 Å². The molecule has 0 aliphatic carbocycles. The predicted octanol–water partition coefficient (Wildman–Crippen LogP) is 2.25. The summed E-state index contributed by atoms with van der Waals surface area (Å²) in [4.78, 5) is 13.6. The molecule has 0 spiro atoms. The first-order valence-corrected chi connectivity index (χ1v) is 9.67. The number of likely N-dealkylation sites (tertiary alicyclic amines) is 1. The van der Waals surface area contributed by atoms with E-state index >= 15 is 0 Å². The molecule has 0 radical (unpaired) electrons. The zero-order valence-electron chi connectivity index (χ0n) is 15.3. The Balaban J connectivity index is 1.34. The van der Waals surface area contributed by atoms with Crippen molar-refractivity contribution in [3.8, 4) is 0 Å². The second-order valence-corrected chi connectivity index (χ2v) is 7.68. The van der Waals surface area contributed by atoms with E-state index in [1.165, 1.54) is 10.5 Å². The Morgan fingerprint density at radius 3 is 2.85 bits per heavy atom. The molecule has 6 nitrogen and oxygen atoms in total. The molecule has 1 aromatic heterocycles. The number of piperidine rings is 1. The monoisotopic (exact) mass is 384 g/mol. The highest BCUT2D eigenvalue weighted by Gasteiger charge is 2.26. The maximum absolute atomic E-state index is 12.3. The fraction of sp³-hybridized carbons (Fsp3) is 0.350. The van der Waals surface area contributed by atoms with Crippen LogP contribution in [-0.4, -0.2) is 40.5 Å². The second-order valence-electron chi connectivity index (χ2n) is 7.24. The van der Waals surface area contributed by atoms with Crippen LogP contribution in [0.2, 0.25) is 5.02 Å². The van der Waals surface area contributed by atoms with Gasteiger partial charge in [-0.1, -0.05) is 28.9 Å². The predicted molar refractivity (Wildman–Crippen MR) is 106 cm³/mol. The van der Waals surface area contributed by atoms with Crippen LogP contribution in [-0.2, 0) is 4.79 Å².